The van der Waals surface area contributed by atoms with Crippen molar-refractivity contribution in [1.82, 2.24) is 9.80 Å². The number of esters is 1. The standard InChI is InChI=1S/C30H47BrN2O5S/c1-10-12-14-38-27(37)21-22-25(35)33(20(16-34)18(3)4)24(30(22)15-19(31)23(21)39-30)26(36)32(13-11-2)29(8,9)17-28(5,6)7/h10-11,18-24,34H,1-2,12-17H2,3-9H3/t19?,20-,21+,22-,23+,24?,30?/m0/s1. The molecule has 0 radical (unpaired) electrons. The maximum atomic E-state index is 14.8. The predicted octanol–water partition coefficient (Wildman–Crippen LogP) is 4.82. The average Bonchev–Trinajstić information content (AvgIpc) is 3.39. The van der Waals surface area contributed by atoms with Crippen LogP contribution in [-0.4, -0.2) is 84.9 Å². The number of alkyl halides is 1. The van der Waals surface area contributed by atoms with E-state index in [0.717, 1.165) is 6.42 Å². The van der Waals surface area contributed by atoms with Crippen molar-refractivity contribution in [2.24, 2.45) is 23.2 Å². The number of hydrogen-bond donors (Lipinski definition) is 1. The van der Waals surface area contributed by atoms with Crippen LogP contribution in [0.5, 0.6) is 0 Å². The second-order valence-corrected chi connectivity index (χ2v) is 16.2. The van der Waals surface area contributed by atoms with Crippen LogP contribution in [-0.2, 0) is 19.1 Å². The smallest absolute Gasteiger partial charge is 0.310 e. The van der Waals surface area contributed by atoms with E-state index in [1.54, 1.807) is 28.8 Å². The van der Waals surface area contributed by atoms with Crippen molar-refractivity contribution in [3.63, 3.8) is 0 Å². The zero-order valence-electron chi connectivity index (χ0n) is 24.6. The molecule has 2 bridgehead atoms. The van der Waals surface area contributed by atoms with Gasteiger partial charge in [-0.15, -0.1) is 24.9 Å². The van der Waals surface area contributed by atoms with Gasteiger partial charge in [-0.2, -0.15) is 0 Å². The number of carbonyl (C=O) groups is 3. The van der Waals surface area contributed by atoms with E-state index in [1.165, 1.54) is 0 Å². The Morgan fingerprint density at radius 1 is 1.26 bits per heavy atom. The minimum Gasteiger partial charge on any atom is -0.465 e. The van der Waals surface area contributed by atoms with Gasteiger partial charge in [-0.05, 0) is 44.4 Å². The minimum atomic E-state index is -0.810. The Bertz CT molecular complexity index is 979. The van der Waals surface area contributed by atoms with E-state index in [9.17, 15) is 19.5 Å². The van der Waals surface area contributed by atoms with Gasteiger partial charge < -0.3 is 19.6 Å². The van der Waals surface area contributed by atoms with E-state index in [2.05, 4.69) is 63.7 Å². The molecule has 0 aromatic heterocycles. The SMILES string of the molecule is C=CCCOC(=O)[C@H]1[C@@H]2SC3(CC2Br)C(C(=O)N(CC=C)C(C)(C)CC(C)(C)C)N([C@@H](CO)C(C)C)C(=O)[C@H]13. The number of fused-ring (bicyclic) bond motifs is 1. The van der Waals surface area contributed by atoms with Gasteiger partial charge in [0.05, 0.1) is 35.8 Å². The fourth-order valence-electron chi connectivity index (χ4n) is 7.24. The van der Waals surface area contributed by atoms with Gasteiger partial charge in [-0.1, -0.05) is 62.7 Å². The molecule has 3 rings (SSSR count). The molecule has 0 aliphatic carbocycles. The Morgan fingerprint density at radius 2 is 1.90 bits per heavy atom. The molecule has 220 valence electrons. The number of thioether (sulfide) groups is 1. The Balaban J connectivity index is 2.14. The predicted molar refractivity (Wildman–Crippen MR) is 161 cm³/mol. The molecule has 3 heterocycles. The van der Waals surface area contributed by atoms with Gasteiger partial charge >= 0.3 is 5.97 Å². The lowest BCUT2D eigenvalue weighted by molar-refractivity contribution is -0.154. The molecule has 3 aliphatic heterocycles. The molecule has 3 unspecified atom stereocenters. The molecule has 2 amide bonds. The van der Waals surface area contributed by atoms with Crippen molar-refractivity contribution in [2.45, 2.75) is 100 Å². The van der Waals surface area contributed by atoms with Gasteiger partial charge in [0.25, 0.3) is 0 Å². The number of hydrogen-bond acceptors (Lipinski definition) is 6. The molecule has 39 heavy (non-hydrogen) atoms. The molecule has 3 saturated heterocycles. The highest BCUT2D eigenvalue weighted by Gasteiger charge is 2.77. The molecular formula is C30H47BrN2O5S. The molecule has 3 fully saturated rings. The number of likely N-dealkylation sites (tertiary alicyclic amines) is 1. The lowest BCUT2D eigenvalue weighted by Gasteiger charge is -2.47. The molecule has 1 N–H and O–H groups in total. The Labute approximate surface area is 247 Å². The summed E-state index contributed by atoms with van der Waals surface area (Å²) in [5, 5.41) is 10.3. The number of aliphatic hydroxyl groups is 1. The van der Waals surface area contributed by atoms with Crippen LogP contribution in [0.4, 0.5) is 0 Å². The zero-order chi connectivity index (χ0) is 29.5. The zero-order valence-corrected chi connectivity index (χ0v) is 27.0. The maximum Gasteiger partial charge on any atom is 0.310 e. The number of halogens is 1. The first-order valence-electron chi connectivity index (χ1n) is 14.0. The Kier molecular flexibility index (Phi) is 9.81. The van der Waals surface area contributed by atoms with Crippen molar-refractivity contribution in [1.29, 1.82) is 0 Å². The number of ether oxygens (including phenoxy) is 1. The molecule has 9 heteroatoms. The number of nitrogens with zero attached hydrogens (tertiary/aromatic N) is 2. The van der Waals surface area contributed by atoms with Crippen molar-refractivity contribution in [3.05, 3.63) is 25.3 Å². The van der Waals surface area contributed by atoms with Gasteiger partial charge in [0, 0.05) is 22.2 Å². The number of aliphatic hydroxyl groups excluding tert-OH is 1. The summed E-state index contributed by atoms with van der Waals surface area (Å²) in [5.41, 5.74) is -0.555. The molecule has 0 saturated carbocycles. The monoisotopic (exact) mass is 626 g/mol. The number of rotatable bonds is 12. The van der Waals surface area contributed by atoms with E-state index in [4.69, 9.17) is 4.74 Å². The number of carbonyl (C=O) groups excluding carboxylic acids is 3. The van der Waals surface area contributed by atoms with Crippen LogP contribution in [0, 0.1) is 23.2 Å². The summed E-state index contributed by atoms with van der Waals surface area (Å²) >= 11 is 5.39. The number of amides is 2. The summed E-state index contributed by atoms with van der Waals surface area (Å²) in [7, 11) is 0. The van der Waals surface area contributed by atoms with E-state index in [-0.39, 0.29) is 46.4 Å². The van der Waals surface area contributed by atoms with Crippen molar-refractivity contribution in [2.75, 3.05) is 19.8 Å². The van der Waals surface area contributed by atoms with Crippen LogP contribution in [0.3, 0.4) is 0 Å². The van der Waals surface area contributed by atoms with Gasteiger partial charge in [0.15, 0.2) is 0 Å². The Morgan fingerprint density at radius 3 is 2.41 bits per heavy atom. The highest BCUT2D eigenvalue weighted by molar-refractivity contribution is 9.09. The summed E-state index contributed by atoms with van der Waals surface area (Å²) in [6.07, 6.45) is 5.29. The minimum absolute atomic E-state index is 0.0391. The average molecular weight is 628 g/mol. The molecule has 0 aromatic carbocycles. The van der Waals surface area contributed by atoms with Crippen LogP contribution in [0.1, 0.15) is 67.7 Å². The van der Waals surface area contributed by atoms with Gasteiger partial charge in [-0.25, -0.2) is 0 Å². The lowest BCUT2D eigenvalue weighted by atomic mass is 9.70. The second kappa shape index (κ2) is 11.9. The van der Waals surface area contributed by atoms with Gasteiger partial charge in [-0.3, -0.25) is 14.4 Å². The van der Waals surface area contributed by atoms with Crippen LogP contribution in [0.25, 0.3) is 0 Å². The largest absolute Gasteiger partial charge is 0.465 e. The van der Waals surface area contributed by atoms with Crippen molar-refractivity contribution in [3.8, 4) is 0 Å². The highest BCUT2D eigenvalue weighted by Crippen LogP contribution is 2.68. The summed E-state index contributed by atoms with van der Waals surface area (Å²) < 4.78 is 4.81. The summed E-state index contributed by atoms with van der Waals surface area (Å²) in [4.78, 5) is 46.1. The third-order valence-corrected chi connectivity index (χ3v) is 11.6. The van der Waals surface area contributed by atoms with E-state index >= 15 is 0 Å². The maximum absolute atomic E-state index is 14.8. The normalized spacial score (nSPS) is 30.9. The lowest BCUT2D eigenvalue weighted by Crippen LogP contribution is -2.62. The molecule has 7 atom stereocenters. The Hall–Kier alpha value is -1.32. The van der Waals surface area contributed by atoms with E-state index < -0.39 is 40.2 Å². The van der Waals surface area contributed by atoms with Crippen LogP contribution >= 0.6 is 27.7 Å². The fraction of sp³-hybridized carbons (Fsp3) is 0.767. The third-order valence-electron chi connectivity index (χ3n) is 8.38. The van der Waals surface area contributed by atoms with Gasteiger partial charge in [0.2, 0.25) is 11.8 Å². The first kappa shape index (κ1) is 32.2. The van der Waals surface area contributed by atoms with Crippen LogP contribution < -0.4 is 0 Å². The van der Waals surface area contributed by atoms with Crippen LogP contribution in [0.15, 0.2) is 25.3 Å². The second-order valence-electron chi connectivity index (χ2n) is 13.4. The molecule has 0 aromatic rings. The van der Waals surface area contributed by atoms with Crippen molar-refractivity contribution < 1.29 is 24.2 Å². The van der Waals surface area contributed by atoms with E-state index in [1.807, 2.05) is 18.7 Å². The molecule has 3 aliphatic rings. The summed E-state index contributed by atoms with van der Waals surface area (Å²) in [6.45, 7) is 22.4. The first-order valence-corrected chi connectivity index (χ1v) is 15.8. The third kappa shape index (κ3) is 5.87. The molecule has 1 spiro atoms. The van der Waals surface area contributed by atoms with Gasteiger partial charge in [0.1, 0.15) is 6.04 Å². The van der Waals surface area contributed by atoms with E-state index in [0.29, 0.717) is 19.4 Å². The van der Waals surface area contributed by atoms with Crippen molar-refractivity contribution >= 4 is 45.5 Å². The molecule has 7 nitrogen and oxygen atoms in total. The summed E-state index contributed by atoms with van der Waals surface area (Å²) in [6, 6.07) is -1.36. The topological polar surface area (TPSA) is 87.2 Å². The molecular weight excluding hydrogens is 580 g/mol. The first-order chi connectivity index (χ1) is 18.1. The fourth-order valence-corrected chi connectivity index (χ4v) is 10.8. The quantitative estimate of drug-likeness (QED) is 0.145. The summed E-state index contributed by atoms with van der Waals surface area (Å²) in [5.74, 6) is -2.20. The van der Waals surface area contributed by atoms with Crippen LogP contribution in [0.2, 0.25) is 0 Å². The highest BCUT2D eigenvalue weighted by atomic mass is 79.9.